The number of aromatic nitrogens is 1. The van der Waals surface area contributed by atoms with Crippen LogP contribution in [0, 0.1) is 6.92 Å². The fourth-order valence-corrected chi connectivity index (χ4v) is 3.31. The summed E-state index contributed by atoms with van der Waals surface area (Å²) in [6.45, 7) is 3.92. The number of benzene rings is 1. The Morgan fingerprint density at radius 1 is 1.43 bits per heavy atom. The number of hydrogen-bond acceptors (Lipinski definition) is 4. The molecule has 1 aromatic carbocycles. The monoisotopic (exact) mass is 327 g/mol. The van der Waals surface area contributed by atoms with Crippen LogP contribution in [-0.2, 0) is 10.0 Å². The Balaban J connectivity index is 2.48. The smallest absolute Gasteiger partial charge is 0.242 e. The molecule has 2 rings (SSSR count). The number of para-hydroxylation sites is 1. The first-order chi connectivity index (χ1) is 9.85. The van der Waals surface area contributed by atoms with Crippen LogP contribution in [0.1, 0.15) is 18.9 Å². The van der Waals surface area contributed by atoms with Crippen LogP contribution < -0.4 is 10.5 Å². The average Bonchev–Trinajstić information content (AvgIpc) is 2.45. The first kappa shape index (κ1) is 16.2. The molecule has 0 aliphatic heterocycles. The summed E-state index contributed by atoms with van der Waals surface area (Å²) in [5.41, 5.74) is 6.92. The Morgan fingerprint density at radius 3 is 2.81 bits per heavy atom. The minimum atomic E-state index is -3.67. The van der Waals surface area contributed by atoms with Gasteiger partial charge in [0.15, 0.2) is 0 Å². The normalized spacial score (nSPS) is 13.5. The van der Waals surface area contributed by atoms with Gasteiger partial charge in [-0.2, -0.15) is 0 Å². The Kier molecular flexibility index (Phi) is 4.83. The van der Waals surface area contributed by atoms with Crippen molar-refractivity contribution in [3.63, 3.8) is 0 Å². The largest absolute Gasteiger partial charge is 0.327 e. The van der Waals surface area contributed by atoms with Crippen LogP contribution in [0.25, 0.3) is 10.9 Å². The molecule has 0 saturated heterocycles. The molecule has 2 aromatic rings. The third-order valence-electron chi connectivity index (χ3n) is 3.29. The number of pyridine rings is 1. The number of nitrogens with one attached hydrogen (secondary N) is 1. The number of nitrogens with zero attached hydrogens (tertiary/aromatic N) is 1. The topological polar surface area (TPSA) is 85.1 Å². The van der Waals surface area contributed by atoms with Gasteiger partial charge in [-0.3, -0.25) is 0 Å². The third-order valence-corrected chi connectivity index (χ3v) is 5.12. The quantitative estimate of drug-likeness (QED) is 0.824. The van der Waals surface area contributed by atoms with Crippen LogP contribution >= 0.6 is 11.6 Å². The zero-order valence-corrected chi connectivity index (χ0v) is 13.5. The van der Waals surface area contributed by atoms with Gasteiger partial charge in [0.25, 0.3) is 0 Å². The molecular formula is C14H18ClN3O2S. The Bertz CT molecular complexity index is 762. The molecule has 0 spiro atoms. The van der Waals surface area contributed by atoms with Gasteiger partial charge in [0, 0.05) is 18.0 Å². The van der Waals surface area contributed by atoms with E-state index in [1.165, 1.54) is 6.07 Å². The Hall–Kier alpha value is -1.21. The second kappa shape index (κ2) is 6.27. The molecule has 0 fully saturated rings. The van der Waals surface area contributed by atoms with Crippen LogP contribution in [0.5, 0.6) is 0 Å². The van der Waals surface area contributed by atoms with Crippen molar-refractivity contribution in [3.05, 3.63) is 35.0 Å². The van der Waals surface area contributed by atoms with Gasteiger partial charge >= 0.3 is 0 Å². The summed E-state index contributed by atoms with van der Waals surface area (Å²) in [7, 11) is -3.67. The SMILES string of the molecule is CCC(N)CNS(=O)(=O)c1cccc2cc(C)c(Cl)nc12. The van der Waals surface area contributed by atoms with Crippen LogP contribution in [0.15, 0.2) is 29.2 Å². The van der Waals surface area contributed by atoms with E-state index >= 15 is 0 Å². The van der Waals surface area contributed by atoms with Crippen LogP contribution in [-0.4, -0.2) is 26.0 Å². The Morgan fingerprint density at radius 2 is 2.14 bits per heavy atom. The van der Waals surface area contributed by atoms with Gasteiger partial charge in [0.2, 0.25) is 10.0 Å². The maximum atomic E-state index is 12.4. The lowest BCUT2D eigenvalue weighted by atomic mass is 10.2. The van der Waals surface area contributed by atoms with Gasteiger partial charge in [-0.25, -0.2) is 18.1 Å². The summed E-state index contributed by atoms with van der Waals surface area (Å²) in [6, 6.07) is 6.62. The van der Waals surface area contributed by atoms with Crippen molar-refractivity contribution >= 4 is 32.5 Å². The highest BCUT2D eigenvalue weighted by molar-refractivity contribution is 7.89. The number of aryl methyl sites for hydroxylation is 1. The standard InChI is InChI=1S/C14H18ClN3O2S/c1-3-11(16)8-17-21(19,20)12-6-4-5-10-7-9(2)14(15)18-13(10)12/h4-7,11,17H,3,8,16H2,1-2H3. The highest BCUT2D eigenvalue weighted by atomic mass is 35.5. The molecule has 0 amide bonds. The van der Waals surface area contributed by atoms with E-state index in [1.807, 2.05) is 26.0 Å². The lowest BCUT2D eigenvalue weighted by molar-refractivity contribution is 0.564. The fourth-order valence-electron chi connectivity index (χ4n) is 1.91. The molecule has 3 N–H and O–H groups in total. The van der Waals surface area contributed by atoms with Crippen molar-refractivity contribution in [1.29, 1.82) is 0 Å². The molecule has 0 bridgehead atoms. The van der Waals surface area contributed by atoms with Crippen LogP contribution in [0.4, 0.5) is 0 Å². The molecule has 7 heteroatoms. The first-order valence-electron chi connectivity index (χ1n) is 6.66. The number of hydrogen-bond donors (Lipinski definition) is 2. The molecule has 0 aliphatic rings. The molecule has 1 unspecified atom stereocenters. The second-order valence-electron chi connectivity index (χ2n) is 4.94. The lowest BCUT2D eigenvalue weighted by Crippen LogP contribution is -2.36. The minimum absolute atomic E-state index is 0.116. The predicted octanol–water partition coefficient (Wildman–Crippen LogP) is 2.21. The van der Waals surface area contributed by atoms with E-state index in [2.05, 4.69) is 9.71 Å². The van der Waals surface area contributed by atoms with Crippen molar-refractivity contribution < 1.29 is 8.42 Å². The van der Waals surface area contributed by atoms with Crippen molar-refractivity contribution in [1.82, 2.24) is 9.71 Å². The molecule has 5 nitrogen and oxygen atoms in total. The molecule has 1 heterocycles. The summed E-state index contributed by atoms with van der Waals surface area (Å²) < 4.78 is 27.3. The van der Waals surface area contributed by atoms with E-state index in [4.69, 9.17) is 17.3 Å². The number of nitrogens with two attached hydrogens (primary N) is 1. The summed E-state index contributed by atoms with van der Waals surface area (Å²) in [5, 5.41) is 1.04. The second-order valence-corrected chi connectivity index (χ2v) is 7.04. The van der Waals surface area contributed by atoms with Crippen molar-refractivity contribution in [2.45, 2.75) is 31.2 Å². The molecule has 1 atom stereocenters. The highest BCUT2D eigenvalue weighted by Gasteiger charge is 2.19. The lowest BCUT2D eigenvalue weighted by Gasteiger charge is -2.12. The van der Waals surface area contributed by atoms with E-state index in [9.17, 15) is 8.42 Å². The van der Waals surface area contributed by atoms with Crippen LogP contribution in [0.3, 0.4) is 0 Å². The Labute approximate surface area is 129 Å². The molecule has 21 heavy (non-hydrogen) atoms. The molecule has 0 radical (unpaired) electrons. The zero-order chi connectivity index (χ0) is 15.6. The van der Waals surface area contributed by atoms with E-state index in [0.717, 1.165) is 10.9 Å². The minimum Gasteiger partial charge on any atom is -0.327 e. The summed E-state index contributed by atoms with van der Waals surface area (Å²) in [6.07, 6.45) is 0.696. The van der Waals surface area contributed by atoms with E-state index in [0.29, 0.717) is 17.1 Å². The van der Waals surface area contributed by atoms with Gasteiger partial charge in [0.05, 0.1) is 5.52 Å². The maximum absolute atomic E-state index is 12.4. The van der Waals surface area contributed by atoms with Gasteiger partial charge in [-0.15, -0.1) is 0 Å². The molecule has 114 valence electrons. The van der Waals surface area contributed by atoms with Gasteiger partial charge in [-0.05, 0) is 31.0 Å². The average molecular weight is 328 g/mol. The molecular weight excluding hydrogens is 310 g/mol. The number of sulfonamides is 1. The highest BCUT2D eigenvalue weighted by Crippen LogP contribution is 2.25. The van der Waals surface area contributed by atoms with E-state index in [-0.39, 0.29) is 17.5 Å². The summed E-state index contributed by atoms with van der Waals surface area (Å²) >= 11 is 6.01. The fraction of sp³-hybridized carbons (Fsp3) is 0.357. The van der Waals surface area contributed by atoms with E-state index in [1.54, 1.807) is 6.07 Å². The van der Waals surface area contributed by atoms with Gasteiger partial charge < -0.3 is 5.73 Å². The number of halogens is 1. The first-order valence-corrected chi connectivity index (χ1v) is 8.52. The maximum Gasteiger partial charge on any atom is 0.242 e. The molecule has 0 aliphatic carbocycles. The zero-order valence-electron chi connectivity index (χ0n) is 11.9. The van der Waals surface area contributed by atoms with Gasteiger partial charge in [-0.1, -0.05) is 30.7 Å². The van der Waals surface area contributed by atoms with Crippen molar-refractivity contribution in [2.24, 2.45) is 5.73 Å². The van der Waals surface area contributed by atoms with Crippen molar-refractivity contribution in [2.75, 3.05) is 6.54 Å². The molecule has 1 aromatic heterocycles. The van der Waals surface area contributed by atoms with E-state index < -0.39 is 10.0 Å². The van der Waals surface area contributed by atoms with Crippen molar-refractivity contribution in [3.8, 4) is 0 Å². The summed E-state index contributed by atoms with van der Waals surface area (Å²) in [5.74, 6) is 0. The van der Waals surface area contributed by atoms with Gasteiger partial charge in [0.1, 0.15) is 10.0 Å². The number of rotatable bonds is 5. The predicted molar refractivity (Wildman–Crippen MR) is 84.9 cm³/mol. The van der Waals surface area contributed by atoms with Crippen LogP contribution in [0.2, 0.25) is 5.15 Å². The summed E-state index contributed by atoms with van der Waals surface area (Å²) in [4.78, 5) is 4.32. The number of fused-ring (bicyclic) bond motifs is 1. The molecule has 0 saturated carbocycles. The third kappa shape index (κ3) is 3.52.